The molecule has 0 saturated heterocycles. The van der Waals surface area contributed by atoms with E-state index in [4.69, 9.17) is 9.47 Å². The third-order valence-corrected chi connectivity index (χ3v) is 14.4. The largest absolute Gasteiger partial charge is 0.494 e. The number of esters is 1. The van der Waals surface area contributed by atoms with Crippen LogP contribution in [-0.2, 0) is 19.4 Å². The lowest BCUT2D eigenvalue weighted by Crippen LogP contribution is -2.62. The van der Waals surface area contributed by atoms with E-state index >= 15 is 0 Å². The van der Waals surface area contributed by atoms with Gasteiger partial charge in [0.25, 0.3) is 0 Å². The number of methoxy groups -OCH3 is 1. The monoisotopic (exact) mass is 622 g/mol. The third-order valence-electron chi connectivity index (χ3n) is 12.8. The fraction of sp³-hybridized carbons (Fsp3) is 0.794. The van der Waals surface area contributed by atoms with Crippen molar-refractivity contribution in [2.75, 3.05) is 19.5 Å². The molecule has 0 bridgehead atoms. The van der Waals surface area contributed by atoms with Gasteiger partial charge in [-0.1, -0.05) is 34.1 Å². The number of hydrogen-bond donors (Lipinski definition) is 2. The van der Waals surface area contributed by atoms with Crippen LogP contribution in [0.2, 0.25) is 0 Å². The maximum absolute atomic E-state index is 14.0. The van der Waals surface area contributed by atoms with Crippen molar-refractivity contribution in [3.63, 3.8) is 0 Å². The number of sulfone groups is 1. The second-order valence-electron chi connectivity index (χ2n) is 14.7. The summed E-state index contributed by atoms with van der Waals surface area (Å²) in [7, 11) is -2.75. The first-order chi connectivity index (χ1) is 20.3. The number of fused-ring (bicyclic) bond motifs is 5. The number of halogens is 1. The summed E-state index contributed by atoms with van der Waals surface area (Å²) in [5.41, 5.74) is 0.268. The minimum Gasteiger partial charge on any atom is -0.494 e. The second-order valence-corrected chi connectivity index (χ2v) is 16.7. The summed E-state index contributed by atoms with van der Waals surface area (Å²) in [4.78, 5) is 12.2. The zero-order valence-electron chi connectivity index (χ0n) is 26.4. The third kappa shape index (κ3) is 5.76. The van der Waals surface area contributed by atoms with E-state index in [-0.39, 0.29) is 58.0 Å². The maximum atomic E-state index is 14.0. The number of carbonyl (C=O) groups excluding carboxylic acids is 1. The highest BCUT2D eigenvalue weighted by Gasteiger charge is 2.64. The number of aliphatic hydroxyl groups excluding tert-OH is 2. The molecule has 11 atom stereocenters. The quantitative estimate of drug-likeness (QED) is 0.335. The molecule has 4 saturated carbocycles. The average Bonchev–Trinajstić information content (AvgIpc) is 3.31. The molecule has 0 heterocycles. The zero-order valence-corrected chi connectivity index (χ0v) is 27.2. The highest BCUT2D eigenvalue weighted by atomic mass is 32.2. The molecule has 43 heavy (non-hydrogen) atoms. The SMILES string of the molecule is CC[C@H]1[C@@H](O)[C@@H]2[C@H](CC[C@]3(C)[C@@H]([C@H](C)CCOC(=O)CS(=O)(=O)c4ccc(OC)c(F)c4)CC[C@@H]23)[C@@]2(C)CC[C@@H](O)C[C@@H]12. The Morgan fingerprint density at radius 3 is 2.44 bits per heavy atom. The van der Waals surface area contributed by atoms with E-state index in [0.29, 0.717) is 30.1 Å². The van der Waals surface area contributed by atoms with Crippen molar-refractivity contribution < 1.29 is 37.3 Å². The van der Waals surface area contributed by atoms with Crippen LogP contribution in [0.3, 0.4) is 0 Å². The van der Waals surface area contributed by atoms with Gasteiger partial charge in [-0.15, -0.1) is 0 Å². The molecule has 4 aliphatic carbocycles. The van der Waals surface area contributed by atoms with Gasteiger partial charge in [-0.3, -0.25) is 4.79 Å². The van der Waals surface area contributed by atoms with Gasteiger partial charge in [0.15, 0.2) is 27.2 Å². The van der Waals surface area contributed by atoms with Crippen molar-refractivity contribution in [1.82, 2.24) is 0 Å². The van der Waals surface area contributed by atoms with E-state index in [9.17, 15) is 27.8 Å². The summed E-state index contributed by atoms with van der Waals surface area (Å²) >= 11 is 0. The van der Waals surface area contributed by atoms with Crippen molar-refractivity contribution in [3.05, 3.63) is 24.0 Å². The van der Waals surface area contributed by atoms with E-state index in [1.165, 1.54) is 19.2 Å². The lowest BCUT2D eigenvalue weighted by atomic mass is 9.41. The molecule has 5 rings (SSSR count). The van der Waals surface area contributed by atoms with Gasteiger partial charge in [0, 0.05) is 0 Å². The second kappa shape index (κ2) is 12.2. The van der Waals surface area contributed by atoms with Gasteiger partial charge >= 0.3 is 5.97 Å². The standard InChI is InChI=1S/C34H51FO7S/c1-6-23-27-17-21(36)11-14-34(27,4)26-12-15-33(3)24(8-9-25(33)31(26)32(23)38)20(2)13-16-42-30(37)19-43(39,40)22-7-10-29(41-5)28(35)18-22/h7,10,18,20-21,23-27,31-32,36,38H,6,8-9,11-17,19H2,1-5H3/t20-,21-,23-,24-,25+,26+,27+,31+,32-,33-,34-/m1/s1. The molecule has 0 aliphatic heterocycles. The van der Waals surface area contributed by atoms with Crippen LogP contribution < -0.4 is 4.74 Å². The first kappa shape index (κ1) is 32.7. The topological polar surface area (TPSA) is 110 Å². The number of hydrogen-bond acceptors (Lipinski definition) is 7. The summed E-state index contributed by atoms with van der Waals surface area (Å²) in [5.74, 6) is -0.0158. The van der Waals surface area contributed by atoms with E-state index < -0.39 is 27.4 Å². The minimum absolute atomic E-state index is 0.0674. The van der Waals surface area contributed by atoms with E-state index in [2.05, 4.69) is 27.7 Å². The van der Waals surface area contributed by atoms with E-state index in [1.54, 1.807) is 0 Å². The zero-order chi connectivity index (χ0) is 31.3. The number of rotatable bonds is 9. The number of aliphatic hydroxyl groups is 2. The van der Waals surface area contributed by atoms with Crippen molar-refractivity contribution in [2.45, 2.75) is 103 Å². The highest BCUT2D eigenvalue weighted by molar-refractivity contribution is 7.92. The van der Waals surface area contributed by atoms with Gasteiger partial charge in [0.05, 0.1) is 30.8 Å². The first-order valence-corrected chi connectivity index (χ1v) is 18.0. The van der Waals surface area contributed by atoms with Crippen LogP contribution in [0, 0.1) is 58.1 Å². The Kier molecular flexibility index (Phi) is 9.30. The van der Waals surface area contributed by atoms with Crippen LogP contribution in [0.4, 0.5) is 4.39 Å². The summed E-state index contributed by atoms with van der Waals surface area (Å²) in [5, 5.41) is 22.4. The van der Waals surface area contributed by atoms with Gasteiger partial charge in [-0.2, -0.15) is 0 Å². The van der Waals surface area contributed by atoms with Gasteiger partial charge in [0.1, 0.15) is 0 Å². The molecule has 242 valence electrons. The lowest BCUT2D eigenvalue weighted by molar-refractivity contribution is -0.203. The Hall–Kier alpha value is -1.71. The molecule has 0 unspecified atom stereocenters. The Balaban J connectivity index is 1.21. The Morgan fingerprint density at radius 1 is 1.07 bits per heavy atom. The number of carbonyl (C=O) groups is 1. The maximum Gasteiger partial charge on any atom is 0.321 e. The predicted octanol–water partition coefficient (Wildman–Crippen LogP) is 5.80. The van der Waals surface area contributed by atoms with Crippen molar-refractivity contribution >= 4 is 15.8 Å². The fourth-order valence-corrected chi connectivity index (χ4v) is 11.7. The minimum atomic E-state index is -4.05. The molecule has 4 aliphatic rings. The molecule has 0 spiro atoms. The molecule has 9 heteroatoms. The first-order valence-electron chi connectivity index (χ1n) is 16.3. The summed E-state index contributed by atoms with van der Waals surface area (Å²) in [6.45, 7) is 9.41. The van der Waals surface area contributed by atoms with Crippen LogP contribution in [0.25, 0.3) is 0 Å². The smallest absolute Gasteiger partial charge is 0.321 e. The predicted molar refractivity (Wildman–Crippen MR) is 162 cm³/mol. The molecule has 0 radical (unpaired) electrons. The normalized spacial score (nSPS) is 39.7. The fourth-order valence-electron chi connectivity index (χ4n) is 10.6. The van der Waals surface area contributed by atoms with Crippen molar-refractivity contribution in [1.29, 1.82) is 0 Å². The molecule has 0 amide bonds. The van der Waals surface area contributed by atoms with E-state index in [1.807, 2.05) is 0 Å². The van der Waals surface area contributed by atoms with Crippen molar-refractivity contribution in [3.8, 4) is 5.75 Å². The molecule has 7 nitrogen and oxygen atoms in total. The van der Waals surface area contributed by atoms with Crippen LogP contribution in [0.15, 0.2) is 23.1 Å². The molecule has 0 aromatic heterocycles. The Morgan fingerprint density at radius 2 is 1.77 bits per heavy atom. The Bertz CT molecular complexity index is 1290. The van der Waals surface area contributed by atoms with Crippen LogP contribution >= 0.6 is 0 Å². The highest BCUT2D eigenvalue weighted by Crippen LogP contribution is 2.69. The summed E-state index contributed by atoms with van der Waals surface area (Å²) < 4.78 is 49.6. The van der Waals surface area contributed by atoms with Crippen LogP contribution in [0.1, 0.15) is 85.5 Å². The molecule has 1 aromatic rings. The number of ether oxygens (including phenoxy) is 2. The summed E-state index contributed by atoms with van der Waals surface area (Å²) in [6.07, 6.45) is 8.13. The molecule has 4 fully saturated rings. The van der Waals surface area contributed by atoms with Crippen molar-refractivity contribution in [2.24, 2.45) is 52.3 Å². The molecular formula is C34H51FO7S. The molecular weight excluding hydrogens is 571 g/mol. The molecule has 2 N–H and O–H groups in total. The summed E-state index contributed by atoms with van der Waals surface area (Å²) in [6, 6.07) is 3.31. The average molecular weight is 623 g/mol. The Labute approximate surface area is 256 Å². The molecule has 1 aromatic carbocycles. The van der Waals surface area contributed by atoms with Gasteiger partial charge in [0.2, 0.25) is 0 Å². The lowest BCUT2D eigenvalue weighted by Gasteiger charge is -2.64. The van der Waals surface area contributed by atoms with Gasteiger partial charge in [-0.25, -0.2) is 12.8 Å². The van der Waals surface area contributed by atoms with Gasteiger partial charge < -0.3 is 19.7 Å². The van der Waals surface area contributed by atoms with Crippen LogP contribution in [0.5, 0.6) is 5.75 Å². The van der Waals surface area contributed by atoms with Crippen LogP contribution in [-0.4, -0.2) is 56.3 Å². The van der Waals surface area contributed by atoms with Gasteiger partial charge in [-0.05, 0) is 122 Å². The van der Waals surface area contributed by atoms with E-state index in [0.717, 1.165) is 57.4 Å². The number of benzene rings is 1.